The molecular formula is C36H36F4N2O3. The molecule has 1 saturated heterocycles. The number of carbonyl (C=O) groups is 2. The number of nitrogens with zero attached hydrogens (tertiary/aromatic N) is 1. The second kappa shape index (κ2) is 15.2. The minimum absolute atomic E-state index is 0.135. The predicted octanol–water partition coefficient (Wildman–Crippen LogP) is 7.52. The highest BCUT2D eigenvalue weighted by Crippen LogP contribution is 2.30. The molecule has 1 aliphatic heterocycles. The van der Waals surface area contributed by atoms with Gasteiger partial charge in [0.25, 0.3) is 5.91 Å². The van der Waals surface area contributed by atoms with E-state index in [0.717, 1.165) is 43.9 Å². The van der Waals surface area contributed by atoms with Gasteiger partial charge >= 0.3 is 0 Å². The van der Waals surface area contributed by atoms with Crippen LogP contribution in [-0.4, -0.2) is 48.9 Å². The molecule has 45 heavy (non-hydrogen) atoms. The van der Waals surface area contributed by atoms with Crippen molar-refractivity contribution in [1.29, 1.82) is 0 Å². The number of benzene rings is 3. The summed E-state index contributed by atoms with van der Waals surface area (Å²) >= 11 is 0. The number of halogens is 4. The van der Waals surface area contributed by atoms with Crippen molar-refractivity contribution in [2.24, 2.45) is 0 Å². The van der Waals surface area contributed by atoms with Gasteiger partial charge in [-0.3, -0.25) is 14.5 Å². The SMILES string of the molecule is O=C1/C(=C/c2ccc(F)c(F)c2)CC(NC(=O)c2ccc(OCCN3CCCCCCC3)cc2)C/C1=C\c1ccc(F)c(F)c1. The van der Waals surface area contributed by atoms with Crippen molar-refractivity contribution in [3.8, 4) is 5.75 Å². The Bertz CT molecular complexity index is 1500. The Morgan fingerprint density at radius 2 is 1.29 bits per heavy atom. The van der Waals surface area contributed by atoms with Gasteiger partial charge < -0.3 is 10.1 Å². The molecule has 3 aromatic rings. The van der Waals surface area contributed by atoms with E-state index in [1.165, 1.54) is 56.4 Å². The number of rotatable bonds is 8. The van der Waals surface area contributed by atoms with Crippen molar-refractivity contribution in [2.75, 3.05) is 26.2 Å². The van der Waals surface area contributed by atoms with Crippen molar-refractivity contribution < 1.29 is 31.9 Å². The molecule has 5 rings (SSSR count). The van der Waals surface area contributed by atoms with Gasteiger partial charge in [0.15, 0.2) is 29.1 Å². The van der Waals surface area contributed by atoms with E-state index in [1.807, 2.05) is 0 Å². The van der Waals surface area contributed by atoms with Crippen LogP contribution in [0.2, 0.25) is 0 Å². The number of likely N-dealkylation sites (tertiary alicyclic amines) is 1. The van der Waals surface area contributed by atoms with Crippen molar-refractivity contribution in [1.82, 2.24) is 10.2 Å². The quantitative estimate of drug-likeness (QED) is 0.209. The van der Waals surface area contributed by atoms with Crippen LogP contribution < -0.4 is 10.1 Å². The zero-order chi connectivity index (χ0) is 31.8. The van der Waals surface area contributed by atoms with E-state index in [1.54, 1.807) is 24.3 Å². The minimum Gasteiger partial charge on any atom is -0.492 e. The Hall–Kier alpha value is -4.24. The number of nitrogens with one attached hydrogen (secondary N) is 1. The molecule has 3 aromatic carbocycles. The van der Waals surface area contributed by atoms with Crippen LogP contribution in [0.4, 0.5) is 17.6 Å². The molecule has 0 spiro atoms. The van der Waals surface area contributed by atoms with E-state index in [4.69, 9.17) is 4.74 Å². The summed E-state index contributed by atoms with van der Waals surface area (Å²) in [5, 5.41) is 2.96. The van der Waals surface area contributed by atoms with Crippen LogP contribution in [0.5, 0.6) is 5.75 Å². The van der Waals surface area contributed by atoms with E-state index in [0.29, 0.717) is 17.9 Å². The fourth-order valence-electron chi connectivity index (χ4n) is 5.75. The van der Waals surface area contributed by atoms with Crippen LogP contribution in [0.25, 0.3) is 12.2 Å². The average Bonchev–Trinajstić information content (AvgIpc) is 3.00. The normalized spacial score (nSPS) is 19.7. The summed E-state index contributed by atoms with van der Waals surface area (Å²) in [5.41, 5.74) is 1.47. The maximum atomic E-state index is 13.9. The standard InChI is InChI=1S/C36H36F4N2O3/c37-31-12-6-24(20-33(31)39)18-27-22-29(23-28(35(27)43)19-25-7-13-32(38)34(40)21-25)41-36(44)26-8-10-30(11-9-26)45-17-16-42-14-4-2-1-3-5-15-42/h6-13,18-21,29H,1-5,14-17,22-23H2,(H,41,44)/b27-18+,28-19+. The van der Waals surface area contributed by atoms with Crippen molar-refractivity contribution in [3.63, 3.8) is 0 Å². The summed E-state index contributed by atoms with van der Waals surface area (Å²) in [7, 11) is 0. The van der Waals surface area contributed by atoms with Crippen LogP contribution in [-0.2, 0) is 4.79 Å². The molecule has 2 fully saturated rings. The van der Waals surface area contributed by atoms with Crippen LogP contribution in [0.1, 0.15) is 66.4 Å². The third-order valence-electron chi connectivity index (χ3n) is 8.16. The topological polar surface area (TPSA) is 58.6 Å². The first-order chi connectivity index (χ1) is 21.7. The summed E-state index contributed by atoms with van der Waals surface area (Å²) in [6.07, 6.45) is 9.45. The molecule has 9 heteroatoms. The molecule has 0 bridgehead atoms. The summed E-state index contributed by atoms with van der Waals surface area (Å²) in [6, 6.07) is 12.9. The van der Waals surface area contributed by atoms with Gasteiger partial charge in [-0.2, -0.15) is 0 Å². The molecule has 1 amide bonds. The minimum atomic E-state index is -1.06. The van der Waals surface area contributed by atoms with Crippen LogP contribution >= 0.6 is 0 Å². The second-order valence-electron chi connectivity index (χ2n) is 11.6. The lowest BCUT2D eigenvalue weighted by Crippen LogP contribution is -2.39. The average molecular weight is 621 g/mol. The Kier molecular flexibility index (Phi) is 10.8. The lowest BCUT2D eigenvalue weighted by molar-refractivity contribution is -0.113. The summed E-state index contributed by atoms with van der Waals surface area (Å²) < 4.78 is 60.7. The number of ketones is 1. The van der Waals surface area contributed by atoms with E-state index in [-0.39, 0.29) is 46.8 Å². The second-order valence-corrected chi connectivity index (χ2v) is 11.6. The largest absolute Gasteiger partial charge is 0.492 e. The van der Waals surface area contributed by atoms with E-state index >= 15 is 0 Å². The molecular weight excluding hydrogens is 584 g/mol. The molecule has 0 radical (unpaired) electrons. The highest BCUT2D eigenvalue weighted by atomic mass is 19.2. The highest BCUT2D eigenvalue weighted by Gasteiger charge is 2.29. The lowest BCUT2D eigenvalue weighted by Gasteiger charge is -2.27. The number of hydrogen-bond acceptors (Lipinski definition) is 4. The van der Waals surface area contributed by atoms with Crippen molar-refractivity contribution in [2.45, 2.75) is 51.0 Å². The lowest BCUT2D eigenvalue weighted by atomic mass is 9.83. The number of Topliss-reactive ketones (excluding diaryl/α,β-unsaturated/α-hetero) is 1. The Morgan fingerprint density at radius 3 is 1.82 bits per heavy atom. The summed E-state index contributed by atoms with van der Waals surface area (Å²) in [6.45, 7) is 3.58. The van der Waals surface area contributed by atoms with Gasteiger partial charge in [0.05, 0.1) is 0 Å². The molecule has 5 nitrogen and oxygen atoms in total. The first-order valence-corrected chi connectivity index (χ1v) is 15.4. The van der Waals surface area contributed by atoms with E-state index in [2.05, 4.69) is 10.2 Å². The molecule has 1 saturated carbocycles. The van der Waals surface area contributed by atoms with Gasteiger partial charge in [-0.05, 0) is 111 Å². The third kappa shape index (κ3) is 8.91. The number of ether oxygens (including phenoxy) is 1. The maximum absolute atomic E-state index is 13.9. The van der Waals surface area contributed by atoms with Gasteiger partial charge in [0.2, 0.25) is 0 Å². The fraction of sp³-hybridized carbons (Fsp3) is 0.333. The highest BCUT2D eigenvalue weighted by molar-refractivity contribution is 6.14. The van der Waals surface area contributed by atoms with E-state index < -0.39 is 29.3 Å². The number of hydrogen-bond donors (Lipinski definition) is 1. The summed E-state index contributed by atoms with van der Waals surface area (Å²) in [4.78, 5) is 29.0. The first-order valence-electron chi connectivity index (χ1n) is 15.4. The molecule has 2 aliphatic rings. The monoisotopic (exact) mass is 620 g/mol. The fourth-order valence-corrected chi connectivity index (χ4v) is 5.75. The molecule has 1 N–H and O–H groups in total. The van der Waals surface area contributed by atoms with Crippen molar-refractivity contribution >= 4 is 23.8 Å². The maximum Gasteiger partial charge on any atom is 0.251 e. The van der Waals surface area contributed by atoms with Gasteiger partial charge in [-0.15, -0.1) is 0 Å². The Balaban J connectivity index is 1.27. The van der Waals surface area contributed by atoms with Gasteiger partial charge in [0, 0.05) is 29.3 Å². The zero-order valence-electron chi connectivity index (χ0n) is 25.0. The molecule has 1 heterocycles. The smallest absolute Gasteiger partial charge is 0.251 e. The molecule has 0 atom stereocenters. The van der Waals surface area contributed by atoms with Crippen LogP contribution in [0, 0.1) is 23.3 Å². The van der Waals surface area contributed by atoms with Gasteiger partial charge in [-0.25, -0.2) is 17.6 Å². The van der Waals surface area contributed by atoms with Crippen molar-refractivity contribution in [3.05, 3.63) is 112 Å². The first kappa shape index (κ1) is 32.2. The summed E-state index contributed by atoms with van der Waals surface area (Å²) in [5.74, 6) is -4.22. The van der Waals surface area contributed by atoms with Gasteiger partial charge in [0.1, 0.15) is 12.4 Å². The predicted molar refractivity (Wildman–Crippen MR) is 166 cm³/mol. The number of amides is 1. The third-order valence-corrected chi connectivity index (χ3v) is 8.16. The van der Waals surface area contributed by atoms with Gasteiger partial charge in [-0.1, -0.05) is 31.4 Å². The number of carbonyl (C=O) groups excluding carboxylic acids is 2. The molecule has 1 aliphatic carbocycles. The van der Waals surface area contributed by atoms with Crippen LogP contribution in [0.15, 0.2) is 71.8 Å². The van der Waals surface area contributed by atoms with E-state index in [9.17, 15) is 27.2 Å². The molecule has 236 valence electrons. The Morgan fingerprint density at radius 1 is 0.756 bits per heavy atom. The zero-order valence-corrected chi connectivity index (χ0v) is 25.0. The Labute approximate surface area is 260 Å². The molecule has 0 unspecified atom stereocenters. The van der Waals surface area contributed by atoms with Crippen LogP contribution in [0.3, 0.4) is 0 Å². The molecule has 0 aromatic heterocycles.